The van der Waals surface area contributed by atoms with Crippen LogP contribution in [0.25, 0.3) is 0 Å². The Kier molecular flexibility index (Phi) is 6.69. The second-order valence-corrected chi connectivity index (χ2v) is 6.31. The fraction of sp³-hybridized carbons (Fsp3) is 0.0455. The number of benzene rings is 3. The maximum atomic E-state index is 12.3. The number of nitro benzene ring substituents is 1. The Hall–Kier alpha value is -4.53. The van der Waals surface area contributed by atoms with Crippen LogP contribution in [0.3, 0.4) is 0 Å². The molecule has 156 valence electrons. The number of carbonyl (C=O) groups excluding carboxylic acids is 2. The molecule has 3 aromatic carbocycles. The van der Waals surface area contributed by atoms with Crippen LogP contribution in [0, 0.1) is 10.1 Å². The van der Waals surface area contributed by atoms with E-state index in [1.54, 1.807) is 31.4 Å². The molecule has 0 aliphatic rings. The number of hydrogen-bond donors (Lipinski definition) is 2. The quantitative estimate of drug-likeness (QED) is 0.345. The Morgan fingerprint density at radius 2 is 1.71 bits per heavy atom. The molecule has 2 amide bonds. The van der Waals surface area contributed by atoms with Crippen molar-refractivity contribution in [3.63, 3.8) is 0 Å². The zero-order valence-corrected chi connectivity index (χ0v) is 16.4. The number of nitrogens with zero attached hydrogens (tertiary/aromatic N) is 2. The van der Waals surface area contributed by atoms with Crippen LogP contribution in [0.5, 0.6) is 5.75 Å². The molecule has 0 aliphatic carbocycles. The molecule has 2 N–H and O–H groups in total. The average Bonchev–Trinajstić information content (AvgIpc) is 2.79. The van der Waals surface area contributed by atoms with E-state index in [9.17, 15) is 19.7 Å². The highest BCUT2D eigenvalue weighted by molar-refractivity contribution is 6.05. The van der Waals surface area contributed by atoms with Crippen LogP contribution < -0.4 is 15.5 Å². The van der Waals surface area contributed by atoms with Gasteiger partial charge in [0.05, 0.1) is 18.2 Å². The van der Waals surface area contributed by atoms with Crippen molar-refractivity contribution >= 4 is 29.4 Å². The van der Waals surface area contributed by atoms with Gasteiger partial charge in [-0.15, -0.1) is 0 Å². The number of hydrogen-bond acceptors (Lipinski definition) is 6. The molecule has 31 heavy (non-hydrogen) atoms. The molecule has 0 spiro atoms. The van der Waals surface area contributed by atoms with Crippen LogP contribution in [0.2, 0.25) is 0 Å². The number of amides is 2. The van der Waals surface area contributed by atoms with Gasteiger partial charge in [0.25, 0.3) is 17.5 Å². The number of nitrogens with one attached hydrogen (secondary N) is 2. The van der Waals surface area contributed by atoms with E-state index in [1.165, 1.54) is 42.6 Å². The Morgan fingerprint density at radius 1 is 0.968 bits per heavy atom. The third kappa shape index (κ3) is 5.73. The van der Waals surface area contributed by atoms with Gasteiger partial charge in [-0.25, -0.2) is 5.43 Å². The first-order valence-corrected chi connectivity index (χ1v) is 9.09. The number of nitro groups is 1. The molecule has 9 heteroatoms. The molecule has 0 heterocycles. The van der Waals surface area contributed by atoms with Gasteiger partial charge in [0.15, 0.2) is 0 Å². The van der Waals surface area contributed by atoms with Gasteiger partial charge in [-0.3, -0.25) is 19.7 Å². The average molecular weight is 418 g/mol. The first-order chi connectivity index (χ1) is 15.0. The summed E-state index contributed by atoms with van der Waals surface area (Å²) in [6.45, 7) is 0. The Balaban J connectivity index is 1.59. The maximum Gasteiger partial charge on any atom is 0.271 e. The summed E-state index contributed by atoms with van der Waals surface area (Å²) in [5.41, 5.74) is 3.95. The van der Waals surface area contributed by atoms with E-state index in [0.29, 0.717) is 17.0 Å². The number of non-ortho nitro benzene ring substituents is 1. The zero-order valence-electron chi connectivity index (χ0n) is 16.4. The highest BCUT2D eigenvalue weighted by Gasteiger charge is 2.12. The van der Waals surface area contributed by atoms with Crippen LogP contribution in [0.15, 0.2) is 77.9 Å². The summed E-state index contributed by atoms with van der Waals surface area (Å²) in [5, 5.41) is 17.4. The van der Waals surface area contributed by atoms with Crippen molar-refractivity contribution in [3.05, 3.63) is 99.6 Å². The molecule has 0 bridgehead atoms. The number of rotatable bonds is 7. The van der Waals surface area contributed by atoms with E-state index in [-0.39, 0.29) is 11.3 Å². The fourth-order valence-corrected chi connectivity index (χ4v) is 2.62. The van der Waals surface area contributed by atoms with Crippen molar-refractivity contribution in [2.24, 2.45) is 5.10 Å². The summed E-state index contributed by atoms with van der Waals surface area (Å²) in [4.78, 5) is 34.8. The summed E-state index contributed by atoms with van der Waals surface area (Å²) >= 11 is 0. The molecule has 0 saturated heterocycles. The molecule has 0 saturated carbocycles. The first kappa shape index (κ1) is 21.2. The Bertz CT molecular complexity index is 1140. The Morgan fingerprint density at radius 3 is 2.42 bits per heavy atom. The number of ether oxygens (including phenoxy) is 1. The van der Waals surface area contributed by atoms with Gasteiger partial charge in [-0.05, 0) is 48.0 Å². The number of carbonyl (C=O) groups is 2. The van der Waals surface area contributed by atoms with Gasteiger partial charge in [0.1, 0.15) is 5.75 Å². The van der Waals surface area contributed by atoms with Crippen LogP contribution in [-0.2, 0) is 0 Å². The van der Waals surface area contributed by atoms with Gasteiger partial charge in [-0.1, -0.05) is 18.2 Å². The third-order valence-electron chi connectivity index (χ3n) is 4.20. The summed E-state index contributed by atoms with van der Waals surface area (Å²) < 4.78 is 5.13. The lowest BCUT2D eigenvalue weighted by atomic mass is 10.1. The van der Waals surface area contributed by atoms with Crippen molar-refractivity contribution in [1.29, 1.82) is 0 Å². The second-order valence-electron chi connectivity index (χ2n) is 6.31. The molecular weight excluding hydrogens is 400 g/mol. The third-order valence-corrected chi connectivity index (χ3v) is 4.20. The van der Waals surface area contributed by atoms with E-state index >= 15 is 0 Å². The van der Waals surface area contributed by atoms with Gasteiger partial charge in [0, 0.05) is 28.9 Å². The molecule has 3 rings (SSSR count). The first-order valence-electron chi connectivity index (χ1n) is 9.09. The van der Waals surface area contributed by atoms with Gasteiger partial charge >= 0.3 is 0 Å². The summed E-state index contributed by atoms with van der Waals surface area (Å²) in [6.07, 6.45) is 1.49. The minimum atomic E-state index is -0.568. The minimum Gasteiger partial charge on any atom is -0.497 e. The molecule has 0 aromatic heterocycles. The smallest absolute Gasteiger partial charge is 0.271 e. The highest BCUT2D eigenvalue weighted by atomic mass is 16.6. The van der Waals surface area contributed by atoms with Crippen LogP contribution >= 0.6 is 0 Å². The van der Waals surface area contributed by atoms with E-state index < -0.39 is 16.7 Å². The second kappa shape index (κ2) is 9.79. The normalized spacial score (nSPS) is 10.5. The van der Waals surface area contributed by atoms with E-state index in [0.717, 1.165) is 5.56 Å². The number of methoxy groups -OCH3 is 1. The van der Waals surface area contributed by atoms with Crippen molar-refractivity contribution in [2.45, 2.75) is 0 Å². The number of anilines is 1. The Labute approximate surface area is 177 Å². The molecule has 0 radical (unpaired) electrons. The minimum absolute atomic E-state index is 0.155. The topological polar surface area (TPSA) is 123 Å². The number of hydrazone groups is 1. The van der Waals surface area contributed by atoms with Gasteiger partial charge < -0.3 is 10.1 Å². The van der Waals surface area contributed by atoms with E-state index in [1.807, 2.05) is 12.1 Å². The summed E-state index contributed by atoms with van der Waals surface area (Å²) in [6, 6.07) is 18.8. The molecule has 0 aliphatic heterocycles. The monoisotopic (exact) mass is 418 g/mol. The van der Waals surface area contributed by atoms with Gasteiger partial charge in [-0.2, -0.15) is 5.10 Å². The van der Waals surface area contributed by atoms with Crippen molar-refractivity contribution in [2.75, 3.05) is 12.4 Å². The summed E-state index contributed by atoms with van der Waals surface area (Å²) in [7, 11) is 1.56. The molecule has 3 aromatic rings. The molecule has 0 fully saturated rings. The summed E-state index contributed by atoms with van der Waals surface area (Å²) in [5.74, 6) is -0.238. The lowest BCUT2D eigenvalue weighted by molar-refractivity contribution is -0.384. The molecule has 0 atom stereocenters. The van der Waals surface area contributed by atoms with Gasteiger partial charge in [0.2, 0.25) is 0 Å². The highest BCUT2D eigenvalue weighted by Crippen LogP contribution is 2.16. The van der Waals surface area contributed by atoms with Crippen LogP contribution in [-0.4, -0.2) is 30.1 Å². The standard InChI is InChI=1S/C22H18N4O5/c1-31-20-7-2-4-15(12-20)14-23-25-22(28)16-8-10-18(11-9-16)24-21(27)17-5-3-6-19(13-17)26(29)30/h2-14H,1H3,(H,24,27)(H,25,28). The maximum absolute atomic E-state index is 12.3. The molecule has 0 unspecified atom stereocenters. The lowest BCUT2D eigenvalue weighted by Gasteiger charge is -2.06. The zero-order chi connectivity index (χ0) is 22.2. The largest absolute Gasteiger partial charge is 0.497 e. The van der Waals surface area contributed by atoms with Crippen LogP contribution in [0.4, 0.5) is 11.4 Å². The lowest BCUT2D eigenvalue weighted by Crippen LogP contribution is -2.18. The predicted molar refractivity (Wildman–Crippen MR) is 116 cm³/mol. The van der Waals surface area contributed by atoms with Crippen LogP contribution in [0.1, 0.15) is 26.3 Å². The van der Waals surface area contributed by atoms with Crippen molar-refractivity contribution < 1.29 is 19.2 Å². The van der Waals surface area contributed by atoms with Crippen molar-refractivity contribution in [1.82, 2.24) is 5.43 Å². The van der Waals surface area contributed by atoms with E-state index in [2.05, 4.69) is 15.8 Å². The van der Waals surface area contributed by atoms with E-state index in [4.69, 9.17) is 4.74 Å². The molecular formula is C22H18N4O5. The predicted octanol–water partition coefficient (Wildman–Crippen LogP) is 3.62. The van der Waals surface area contributed by atoms with Crippen molar-refractivity contribution in [3.8, 4) is 5.75 Å². The fourth-order valence-electron chi connectivity index (χ4n) is 2.62. The SMILES string of the molecule is COc1cccc(C=NNC(=O)c2ccc(NC(=O)c3cccc([N+](=O)[O-])c3)cc2)c1. The molecule has 9 nitrogen and oxygen atoms in total.